The fourth-order valence-electron chi connectivity index (χ4n) is 7.32. The number of hydrogen-bond acceptors (Lipinski definition) is 5. The monoisotopic (exact) mass is 444 g/mol. The predicted octanol–water partition coefficient (Wildman–Crippen LogP) is 3.90. The van der Waals surface area contributed by atoms with Crippen LogP contribution < -0.4 is 10.6 Å². The number of H-pyrrole nitrogens is 1. The van der Waals surface area contributed by atoms with E-state index < -0.39 is 0 Å². The second-order valence-electron chi connectivity index (χ2n) is 10.7. The summed E-state index contributed by atoms with van der Waals surface area (Å²) in [6, 6.07) is 8.44. The molecular formula is C26H32N6O. The topological polar surface area (TPSA) is 95.6 Å². The standard InChI is InChI=1S/C26H32N6O/c33-24(7-8-26-13-17-9-18(14-26)11-19(10-17)15-26)28-22(16-27-25-29-31-32-30-25)12-21-6-5-20-3-1-2-4-23(20)21/h1-4,6-8,17-19,22H,5,9-16H2,(H,28,33)(H2,27,29,30,31,32)/b8-7+/t17?,18?,19?,22-,26?/m0/s1. The molecule has 4 bridgehead atoms. The molecule has 1 heterocycles. The highest BCUT2D eigenvalue weighted by Gasteiger charge is 2.49. The Bertz CT molecular complexity index is 1040. The molecule has 0 saturated heterocycles. The molecule has 7 heteroatoms. The Balaban J connectivity index is 1.13. The molecule has 0 unspecified atom stereocenters. The number of nitrogens with zero attached hydrogens (tertiary/aromatic N) is 3. The van der Waals surface area contributed by atoms with Gasteiger partial charge in [0.2, 0.25) is 5.91 Å². The molecule has 4 fully saturated rings. The molecule has 3 N–H and O–H groups in total. The van der Waals surface area contributed by atoms with Crippen LogP contribution in [0.3, 0.4) is 0 Å². The second-order valence-corrected chi connectivity index (χ2v) is 10.7. The van der Waals surface area contributed by atoms with Crippen molar-refractivity contribution in [2.45, 2.75) is 57.4 Å². The van der Waals surface area contributed by atoms with Crippen molar-refractivity contribution in [2.75, 3.05) is 11.9 Å². The van der Waals surface area contributed by atoms with Gasteiger partial charge in [0.05, 0.1) is 6.04 Å². The van der Waals surface area contributed by atoms with Crippen LogP contribution in [-0.2, 0) is 11.2 Å². The maximum Gasteiger partial charge on any atom is 0.263 e. The van der Waals surface area contributed by atoms with Crippen LogP contribution in [0.5, 0.6) is 0 Å². The smallest absolute Gasteiger partial charge is 0.263 e. The van der Waals surface area contributed by atoms with Crippen molar-refractivity contribution in [1.29, 1.82) is 0 Å². The summed E-state index contributed by atoms with van der Waals surface area (Å²) in [5.74, 6) is 3.08. The van der Waals surface area contributed by atoms with Gasteiger partial charge in [0.25, 0.3) is 5.95 Å². The van der Waals surface area contributed by atoms with Crippen LogP contribution in [0.2, 0.25) is 0 Å². The number of tetrazole rings is 1. The highest BCUT2D eigenvalue weighted by Crippen LogP contribution is 2.60. The second kappa shape index (κ2) is 8.43. The summed E-state index contributed by atoms with van der Waals surface area (Å²) < 4.78 is 0. The summed E-state index contributed by atoms with van der Waals surface area (Å²) in [5, 5.41) is 20.5. The minimum Gasteiger partial charge on any atom is -0.350 e. The summed E-state index contributed by atoms with van der Waals surface area (Å²) >= 11 is 0. The van der Waals surface area contributed by atoms with Gasteiger partial charge < -0.3 is 10.6 Å². The van der Waals surface area contributed by atoms with Gasteiger partial charge in [-0.2, -0.15) is 5.21 Å². The van der Waals surface area contributed by atoms with Crippen LogP contribution in [-0.4, -0.2) is 39.1 Å². The van der Waals surface area contributed by atoms with E-state index in [1.54, 1.807) is 0 Å². The Morgan fingerprint density at radius 1 is 1.15 bits per heavy atom. The Labute approximate surface area is 194 Å². The number of rotatable bonds is 8. The molecule has 5 aliphatic rings. The van der Waals surface area contributed by atoms with Crippen molar-refractivity contribution in [3.63, 3.8) is 0 Å². The van der Waals surface area contributed by atoms with Crippen LogP contribution in [0.4, 0.5) is 5.95 Å². The molecule has 7 rings (SSSR count). The minimum absolute atomic E-state index is 0.00228. The quantitative estimate of drug-likeness (QED) is 0.537. The van der Waals surface area contributed by atoms with Crippen LogP contribution >= 0.6 is 0 Å². The van der Waals surface area contributed by atoms with Gasteiger partial charge in [0.15, 0.2) is 0 Å². The molecule has 1 aromatic heterocycles. The van der Waals surface area contributed by atoms with Gasteiger partial charge in [-0.05, 0) is 103 Å². The van der Waals surface area contributed by atoms with Crippen LogP contribution in [0.25, 0.3) is 5.57 Å². The molecule has 7 nitrogen and oxygen atoms in total. The van der Waals surface area contributed by atoms with E-state index in [4.69, 9.17) is 0 Å². The highest BCUT2D eigenvalue weighted by molar-refractivity contribution is 5.88. The van der Waals surface area contributed by atoms with E-state index in [9.17, 15) is 4.79 Å². The summed E-state index contributed by atoms with van der Waals surface area (Å²) in [6.45, 7) is 0.538. The molecular weight excluding hydrogens is 412 g/mol. The molecule has 0 spiro atoms. The lowest BCUT2D eigenvalue weighted by molar-refractivity contribution is -0.117. The number of aromatic nitrogens is 4. The highest BCUT2D eigenvalue weighted by atomic mass is 16.1. The van der Waals surface area contributed by atoms with E-state index in [0.29, 0.717) is 12.5 Å². The van der Waals surface area contributed by atoms with Crippen molar-refractivity contribution in [3.05, 3.63) is 53.6 Å². The Morgan fingerprint density at radius 2 is 1.91 bits per heavy atom. The summed E-state index contributed by atoms with van der Waals surface area (Å²) in [4.78, 5) is 13.0. The van der Waals surface area contributed by atoms with Gasteiger partial charge in [-0.1, -0.05) is 41.5 Å². The fourth-order valence-corrected chi connectivity index (χ4v) is 7.32. The lowest BCUT2D eigenvalue weighted by atomic mass is 9.49. The van der Waals surface area contributed by atoms with Gasteiger partial charge in [-0.25, -0.2) is 0 Å². The number of anilines is 1. The molecule has 0 aliphatic heterocycles. The molecule has 1 aromatic carbocycles. The normalized spacial score (nSPS) is 30.3. The molecule has 1 atom stereocenters. The number of allylic oxidation sites excluding steroid dienone is 2. The number of amides is 1. The maximum absolute atomic E-state index is 13.0. The molecule has 4 saturated carbocycles. The first-order valence-electron chi connectivity index (χ1n) is 12.4. The lowest BCUT2D eigenvalue weighted by Gasteiger charge is -2.55. The van der Waals surface area contributed by atoms with Crippen molar-refractivity contribution in [1.82, 2.24) is 25.9 Å². The van der Waals surface area contributed by atoms with Gasteiger partial charge >= 0.3 is 0 Å². The third-order valence-electron chi connectivity index (χ3n) is 8.27. The zero-order valence-corrected chi connectivity index (χ0v) is 19.0. The molecule has 172 valence electrons. The number of carbonyl (C=O) groups is 1. The van der Waals surface area contributed by atoms with Crippen molar-refractivity contribution < 1.29 is 4.79 Å². The summed E-state index contributed by atoms with van der Waals surface area (Å²) in [6.07, 6.45) is 16.2. The predicted molar refractivity (Wildman–Crippen MR) is 127 cm³/mol. The van der Waals surface area contributed by atoms with E-state index >= 15 is 0 Å². The number of aromatic amines is 1. The Kier molecular flexibility index (Phi) is 5.27. The van der Waals surface area contributed by atoms with Gasteiger partial charge in [0, 0.05) is 6.54 Å². The van der Waals surface area contributed by atoms with E-state index in [1.807, 2.05) is 6.08 Å². The van der Waals surface area contributed by atoms with Crippen molar-refractivity contribution >= 4 is 17.4 Å². The van der Waals surface area contributed by atoms with Crippen LogP contribution in [0, 0.1) is 23.2 Å². The van der Waals surface area contributed by atoms with Crippen LogP contribution in [0.1, 0.15) is 56.1 Å². The van der Waals surface area contributed by atoms with E-state index in [-0.39, 0.29) is 17.4 Å². The fraction of sp³-hybridized carbons (Fsp3) is 0.538. The van der Waals surface area contributed by atoms with Crippen LogP contribution in [0.15, 0.2) is 42.5 Å². The van der Waals surface area contributed by atoms with E-state index in [1.165, 1.54) is 55.2 Å². The average molecular weight is 445 g/mol. The first-order valence-corrected chi connectivity index (χ1v) is 12.4. The number of carbonyl (C=O) groups excluding carboxylic acids is 1. The van der Waals surface area contributed by atoms with Crippen molar-refractivity contribution in [3.8, 4) is 0 Å². The van der Waals surface area contributed by atoms with Gasteiger partial charge in [0.1, 0.15) is 0 Å². The summed E-state index contributed by atoms with van der Waals surface area (Å²) in [5.41, 5.74) is 4.19. The number of nitrogens with one attached hydrogen (secondary N) is 3. The SMILES string of the molecule is O=C(/C=C/C12CC3CC(CC(C3)C1)C2)N[C@H](CNc1nn[nH]n1)CC1=CCc2ccccc21. The summed E-state index contributed by atoms with van der Waals surface area (Å²) in [7, 11) is 0. The molecule has 1 amide bonds. The number of benzene rings is 1. The van der Waals surface area contributed by atoms with Gasteiger partial charge in [-0.3, -0.25) is 4.79 Å². The van der Waals surface area contributed by atoms with Gasteiger partial charge in [-0.15, -0.1) is 5.10 Å². The minimum atomic E-state index is -0.0746. The third-order valence-corrected chi connectivity index (χ3v) is 8.27. The first-order chi connectivity index (χ1) is 16.1. The molecule has 5 aliphatic carbocycles. The Morgan fingerprint density at radius 3 is 2.64 bits per heavy atom. The van der Waals surface area contributed by atoms with Crippen molar-refractivity contribution in [2.24, 2.45) is 23.2 Å². The number of fused-ring (bicyclic) bond motifs is 1. The molecule has 0 radical (unpaired) electrons. The third kappa shape index (κ3) is 4.33. The molecule has 2 aromatic rings. The van der Waals surface area contributed by atoms with E-state index in [2.05, 4.69) is 67.7 Å². The maximum atomic E-state index is 13.0. The average Bonchev–Trinajstić information content (AvgIpc) is 3.46. The number of hydrogen-bond donors (Lipinski definition) is 3. The molecule has 33 heavy (non-hydrogen) atoms. The lowest BCUT2D eigenvalue weighted by Crippen LogP contribution is -2.45. The first kappa shape index (κ1) is 20.6. The largest absolute Gasteiger partial charge is 0.350 e. The van der Waals surface area contributed by atoms with E-state index in [0.717, 1.165) is 30.6 Å². The zero-order valence-electron chi connectivity index (χ0n) is 19.0. The zero-order chi connectivity index (χ0) is 22.3. The Hall–Kier alpha value is -2.96.